The van der Waals surface area contributed by atoms with Crippen molar-refractivity contribution in [1.29, 1.82) is 0 Å². The van der Waals surface area contributed by atoms with Crippen molar-refractivity contribution in [3.63, 3.8) is 0 Å². The minimum atomic E-state index is 0.437. The van der Waals surface area contributed by atoms with Crippen LogP contribution in [0.2, 0.25) is 0 Å². The van der Waals surface area contributed by atoms with Crippen LogP contribution in [0.3, 0.4) is 0 Å². The fraction of sp³-hybridized carbons (Fsp3) is 0.438. The highest BCUT2D eigenvalue weighted by Gasteiger charge is 2.24. The smallest absolute Gasteiger partial charge is 0.230 e. The van der Waals surface area contributed by atoms with Gasteiger partial charge in [0.15, 0.2) is 0 Å². The molecule has 0 unspecified atom stereocenters. The molecule has 3 nitrogen and oxygen atoms in total. The van der Waals surface area contributed by atoms with E-state index in [0.29, 0.717) is 11.8 Å². The van der Waals surface area contributed by atoms with Crippen LogP contribution in [0.5, 0.6) is 0 Å². The van der Waals surface area contributed by atoms with Gasteiger partial charge in [0.2, 0.25) is 5.88 Å². The average Bonchev–Trinajstić information content (AvgIpc) is 2.67. The van der Waals surface area contributed by atoms with Crippen LogP contribution in [0.1, 0.15) is 50.1 Å². The molecule has 106 valence electrons. The first kappa shape index (κ1) is 13.7. The van der Waals surface area contributed by atoms with E-state index >= 15 is 0 Å². The van der Waals surface area contributed by atoms with Crippen molar-refractivity contribution in [3.05, 3.63) is 34.4 Å². The number of nitrogen functional groups attached to an aromatic ring is 1. The van der Waals surface area contributed by atoms with Crippen molar-refractivity contribution in [3.8, 4) is 11.1 Å². The summed E-state index contributed by atoms with van der Waals surface area (Å²) in [5.41, 5.74) is 9.14. The Bertz CT molecular complexity index is 569. The van der Waals surface area contributed by atoms with E-state index < -0.39 is 0 Å². The molecule has 0 aliphatic heterocycles. The van der Waals surface area contributed by atoms with Crippen LogP contribution in [-0.2, 0) is 0 Å². The molecule has 0 atom stereocenters. The molecule has 0 radical (unpaired) electrons. The predicted molar refractivity (Wildman–Crippen MR) is 84.5 cm³/mol. The second kappa shape index (κ2) is 6.00. The van der Waals surface area contributed by atoms with Crippen molar-refractivity contribution < 1.29 is 4.52 Å². The second-order valence-corrected chi connectivity index (χ2v) is 6.42. The quantitative estimate of drug-likeness (QED) is 0.775. The van der Waals surface area contributed by atoms with Crippen molar-refractivity contribution >= 4 is 21.8 Å². The summed E-state index contributed by atoms with van der Waals surface area (Å²) in [7, 11) is 0. The molecule has 1 fully saturated rings. The third kappa shape index (κ3) is 2.75. The van der Waals surface area contributed by atoms with E-state index in [1.54, 1.807) is 0 Å². The largest absolute Gasteiger partial charge is 0.367 e. The summed E-state index contributed by atoms with van der Waals surface area (Å²) in [6.07, 6.45) is 7.59. The molecule has 1 saturated carbocycles. The van der Waals surface area contributed by atoms with Crippen molar-refractivity contribution in [2.75, 3.05) is 5.73 Å². The number of hydrogen-bond donors (Lipinski definition) is 1. The average molecular weight is 335 g/mol. The fourth-order valence-electron chi connectivity index (χ4n) is 3.05. The topological polar surface area (TPSA) is 52.0 Å². The fourth-order valence-corrected chi connectivity index (χ4v) is 3.32. The van der Waals surface area contributed by atoms with Crippen LogP contribution in [0.4, 0.5) is 5.88 Å². The summed E-state index contributed by atoms with van der Waals surface area (Å²) >= 11 is 3.46. The van der Waals surface area contributed by atoms with Gasteiger partial charge >= 0.3 is 0 Å². The van der Waals surface area contributed by atoms with Crippen molar-refractivity contribution in [1.82, 2.24) is 5.16 Å². The van der Waals surface area contributed by atoms with Gasteiger partial charge in [0.1, 0.15) is 0 Å². The van der Waals surface area contributed by atoms with Crippen LogP contribution in [0.25, 0.3) is 11.1 Å². The summed E-state index contributed by atoms with van der Waals surface area (Å²) in [6, 6.07) is 8.18. The number of hydrogen-bond acceptors (Lipinski definition) is 3. The Morgan fingerprint density at radius 3 is 2.35 bits per heavy atom. The molecule has 1 aromatic carbocycles. The third-order valence-corrected chi connectivity index (χ3v) is 4.65. The van der Waals surface area contributed by atoms with Crippen LogP contribution in [0.15, 0.2) is 33.3 Å². The molecule has 4 heteroatoms. The van der Waals surface area contributed by atoms with Crippen LogP contribution in [0, 0.1) is 0 Å². The Balaban J connectivity index is 1.98. The molecule has 1 heterocycles. The van der Waals surface area contributed by atoms with Crippen molar-refractivity contribution in [2.24, 2.45) is 0 Å². The first-order valence-electron chi connectivity index (χ1n) is 7.26. The Labute approximate surface area is 127 Å². The lowest BCUT2D eigenvalue weighted by atomic mass is 9.91. The standard InChI is InChI=1S/C16H19BrN2O/c17-13-9-7-11(8-10-13)14-15(19-20-16(14)18)12-5-3-1-2-4-6-12/h7-10,12H,1-6,18H2. The van der Waals surface area contributed by atoms with Crippen LogP contribution in [-0.4, -0.2) is 5.16 Å². The SMILES string of the molecule is Nc1onc(C2CCCCCC2)c1-c1ccc(Br)cc1. The van der Waals surface area contributed by atoms with E-state index in [1.807, 2.05) is 12.1 Å². The van der Waals surface area contributed by atoms with Gasteiger partial charge in [-0.1, -0.05) is 58.9 Å². The zero-order valence-corrected chi connectivity index (χ0v) is 13.0. The van der Waals surface area contributed by atoms with Gasteiger partial charge in [0, 0.05) is 10.4 Å². The lowest BCUT2D eigenvalue weighted by Gasteiger charge is -2.12. The summed E-state index contributed by atoms with van der Waals surface area (Å²) in [5.74, 6) is 0.920. The van der Waals surface area contributed by atoms with Gasteiger partial charge < -0.3 is 10.3 Å². The summed E-state index contributed by atoms with van der Waals surface area (Å²) in [6.45, 7) is 0. The second-order valence-electron chi connectivity index (χ2n) is 5.50. The minimum Gasteiger partial charge on any atom is -0.367 e. The highest BCUT2D eigenvalue weighted by Crippen LogP contribution is 2.39. The van der Waals surface area contributed by atoms with Gasteiger partial charge in [-0.3, -0.25) is 0 Å². The van der Waals surface area contributed by atoms with E-state index in [0.717, 1.165) is 21.3 Å². The molecule has 20 heavy (non-hydrogen) atoms. The molecule has 2 aromatic rings. The molecule has 0 spiro atoms. The van der Waals surface area contributed by atoms with Crippen molar-refractivity contribution in [2.45, 2.75) is 44.4 Å². The van der Waals surface area contributed by atoms with Gasteiger partial charge in [0.25, 0.3) is 0 Å². The zero-order valence-electron chi connectivity index (χ0n) is 11.4. The molecule has 0 bridgehead atoms. The lowest BCUT2D eigenvalue weighted by Crippen LogP contribution is -2.00. The third-order valence-electron chi connectivity index (χ3n) is 4.12. The number of rotatable bonds is 2. The van der Waals surface area contributed by atoms with Crippen LogP contribution >= 0.6 is 15.9 Å². The Morgan fingerprint density at radius 2 is 1.70 bits per heavy atom. The maximum atomic E-state index is 6.02. The summed E-state index contributed by atoms with van der Waals surface area (Å²) < 4.78 is 6.35. The molecule has 1 aliphatic rings. The Morgan fingerprint density at radius 1 is 1.05 bits per heavy atom. The Hall–Kier alpha value is -1.29. The molecule has 1 aliphatic carbocycles. The highest BCUT2D eigenvalue weighted by atomic mass is 79.9. The molecule has 1 aromatic heterocycles. The minimum absolute atomic E-state index is 0.437. The number of anilines is 1. The highest BCUT2D eigenvalue weighted by molar-refractivity contribution is 9.10. The van der Waals surface area contributed by atoms with Gasteiger partial charge in [-0.2, -0.15) is 0 Å². The first-order chi connectivity index (χ1) is 9.75. The number of benzene rings is 1. The zero-order chi connectivity index (χ0) is 13.9. The number of aromatic nitrogens is 1. The molecule has 0 saturated heterocycles. The van der Waals surface area contributed by atoms with E-state index in [1.165, 1.54) is 38.5 Å². The number of halogens is 1. The van der Waals surface area contributed by atoms with E-state index in [2.05, 4.69) is 33.2 Å². The molecular formula is C16H19BrN2O. The van der Waals surface area contributed by atoms with Gasteiger partial charge in [-0.25, -0.2) is 0 Å². The monoisotopic (exact) mass is 334 g/mol. The van der Waals surface area contributed by atoms with Crippen LogP contribution < -0.4 is 5.73 Å². The number of nitrogens with zero attached hydrogens (tertiary/aromatic N) is 1. The molecular weight excluding hydrogens is 316 g/mol. The summed E-state index contributed by atoms with van der Waals surface area (Å²) in [5, 5.41) is 4.27. The maximum Gasteiger partial charge on any atom is 0.230 e. The van der Waals surface area contributed by atoms with Gasteiger partial charge in [0.05, 0.1) is 11.3 Å². The van der Waals surface area contributed by atoms with E-state index in [-0.39, 0.29) is 0 Å². The normalized spacial score (nSPS) is 17.1. The van der Waals surface area contributed by atoms with Gasteiger partial charge in [-0.05, 0) is 30.5 Å². The van der Waals surface area contributed by atoms with E-state index in [4.69, 9.17) is 10.3 Å². The molecule has 0 amide bonds. The maximum absolute atomic E-state index is 6.02. The first-order valence-corrected chi connectivity index (χ1v) is 8.06. The molecule has 2 N–H and O–H groups in total. The summed E-state index contributed by atoms with van der Waals surface area (Å²) in [4.78, 5) is 0. The van der Waals surface area contributed by atoms with Gasteiger partial charge in [-0.15, -0.1) is 0 Å². The number of nitrogens with two attached hydrogens (primary N) is 1. The molecule has 3 rings (SSSR count). The lowest BCUT2D eigenvalue weighted by molar-refractivity contribution is 0.413. The Kier molecular flexibility index (Phi) is 4.10. The predicted octanol–water partition coefficient (Wildman–Crippen LogP) is 5.12. The van der Waals surface area contributed by atoms with E-state index in [9.17, 15) is 0 Å².